The second kappa shape index (κ2) is 11.1. The van der Waals surface area contributed by atoms with Gasteiger partial charge < -0.3 is 14.7 Å². The lowest BCUT2D eigenvalue weighted by molar-refractivity contribution is -0.139. The Labute approximate surface area is 240 Å². The molecule has 2 saturated heterocycles. The lowest BCUT2D eigenvalue weighted by Gasteiger charge is -2.39. The van der Waals surface area contributed by atoms with Crippen LogP contribution in [0.25, 0.3) is 16.9 Å². The summed E-state index contributed by atoms with van der Waals surface area (Å²) < 4.78 is 28.7. The Hall–Kier alpha value is -4.08. The molecule has 0 atom stereocenters. The lowest BCUT2D eigenvalue weighted by atomic mass is 10.1. The van der Waals surface area contributed by atoms with Crippen LogP contribution < -0.4 is 9.80 Å². The minimum Gasteiger partial charge on any atom is -0.368 e. The molecule has 0 N–H and O–H groups in total. The predicted octanol–water partition coefficient (Wildman–Crippen LogP) is 4.10. The number of carbonyl (C=O) groups excluding carboxylic acids is 1. The summed E-state index contributed by atoms with van der Waals surface area (Å²) in [7, 11) is 1.92. The third kappa shape index (κ3) is 5.23. The minimum atomic E-state index is -0.883. The van der Waals surface area contributed by atoms with Crippen molar-refractivity contribution in [1.29, 1.82) is 5.26 Å². The number of fused-ring (bicyclic) bond motifs is 1. The summed E-state index contributed by atoms with van der Waals surface area (Å²) in [6.07, 6.45) is 1.91. The monoisotopic (exact) mass is 576 g/mol. The fourth-order valence-electron chi connectivity index (χ4n) is 5.36. The molecule has 4 aromatic rings. The van der Waals surface area contributed by atoms with Gasteiger partial charge in [0.1, 0.15) is 40.1 Å². The Bertz CT molecular complexity index is 1610. The standard InChI is InChI=1S/C29H30F2N8OS/c1-3-23-28(35(2)29-34-27(24(14-32)41-29)19-4-6-20(30)7-5-19)39-17-22(8-9-25(39)33-23)37-12-10-36(11-13-37)18-26(40)38-15-21(31)16-38/h4-9,17,21H,3,10-13,15-16,18H2,1-2H3. The molecule has 2 aliphatic heterocycles. The van der Waals surface area contributed by atoms with Crippen molar-refractivity contribution >= 4 is 39.5 Å². The van der Waals surface area contributed by atoms with E-state index in [9.17, 15) is 18.8 Å². The number of amides is 1. The maximum absolute atomic E-state index is 13.5. The molecule has 0 bridgehead atoms. The average Bonchev–Trinajstić information content (AvgIpc) is 3.57. The Morgan fingerprint density at radius 1 is 1.12 bits per heavy atom. The summed E-state index contributed by atoms with van der Waals surface area (Å²) >= 11 is 1.29. The van der Waals surface area contributed by atoms with Crippen LogP contribution >= 0.6 is 11.3 Å². The summed E-state index contributed by atoms with van der Waals surface area (Å²) in [5.41, 5.74) is 3.99. The van der Waals surface area contributed by atoms with E-state index in [0.717, 1.165) is 49.0 Å². The van der Waals surface area contributed by atoms with E-state index in [2.05, 4.69) is 39.5 Å². The molecule has 12 heteroatoms. The predicted molar refractivity (Wildman–Crippen MR) is 155 cm³/mol. The van der Waals surface area contributed by atoms with Crippen molar-refractivity contribution in [2.45, 2.75) is 19.5 Å². The number of nitrogens with zero attached hydrogens (tertiary/aromatic N) is 8. The van der Waals surface area contributed by atoms with Gasteiger partial charge in [0.2, 0.25) is 5.91 Å². The van der Waals surface area contributed by atoms with E-state index in [1.807, 2.05) is 18.0 Å². The first-order valence-electron chi connectivity index (χ1n) is 13.6. The topological polar surface area (TPSA) is 84.0 Å². The Kier molecular flexibility index (Phi) is 7.32. The summed E-state index contributed by atoms with van der Waals surface area (Å²) in [5.74, 6) is 0.529. The normalized spacial score (nSPS) is 16.2. The van der Waals surface area contributed by atoms with Crippen molar-refractivity contribution in [3.8, 4) is 17.3 Å². The van der Waals surface area contributed by atoms with Crippen molar-refractivity contribution in [2.24, 2.45) is 0 Å². The molecule has 0 radical (unpaired) electrons. The molecule has 1 amide bonds. The zero-order chi connectivity index (χ0) is 28.7. The maximum Gasteiger partial charge on any atom is 0.236 e. The number of carbonyl (C=O) groups is 1. The quantitative estimate of drug-likeness (QED) is 0.328. The van der Waals surface area contributed by atoms with E-state index in [0.29, 0.717) is 34.2 Å². The van der Waals surface area contributed by atoms with Crippen molar-refractivity contribution < 1.29 is 13.6 Å². The summed E-state index contributed by atoms with van der Waals surface area (Å²) in [5, 5.41) is 10.4. The number of anilines is 3. The second-order valence-electron chi connectivity index (χ2n) is 10.4. The van der Waals surface area contributed by atoms with E-state index in [4.69, 9.17) is 9.97 Å². The van der Waals surface area contributed by atoms with Gasteiger partial charge in [-0.15, -0.1) is 0 Å². The van der Waals surface area contributed by atoms with E-state index in [1.165, 1.54) is 23.5 Å². The van der Waals surface area contributed by atoms with Gasteiger partial charge in [-0.3, -0.25) is 14.1 Å². The number of hydrogen-bond acceptors (Lipinski definition) is 8. The molecule has 3 aromatic heterocycles. The van der Waals surface area contributed by atoms with Crippen LogP contribution in [0.5, 0.6) is 0 Å². The maximum atomic E-state index is 13.5. The molecule has 9 nitrogen and oxygen atoms in total. The van der Waals surface area contributed by atoms with Crippen molar-refractivity contribution in [3.63, 3.8) is 0 Å². The molecule has 0 spiro atoms. The smallest absolute Gasteiger partial charge is 0.236 e. The second-order valence-corrected chi connectivity index (χ2v) is 11.3. The number of rotatable bonds is 7. The van der Waals surface area contributed by atoms with Crippen LogP contribution in [0.4, 0.5) is 25.4 Å². The number of likely N-dealkylation sites (tertiary alicyclic amines) is 1. The number of piperazine rings is 1. The van der Waals surface area contributed by atoms with Gasteiger partial charge in [-0.25, -0.2) is 18.7 Å². The lowest BCUT2D eigenvalue weighted by Crippen LogP contribution is -2.56. The number of benzene rings is 1. The number of nitriles is 1. The first-order valence-corrected chi connectivity index (χ1v) is 14.5. The van der Waals surface area contributed by atoms with Gasteiger partial charge in [0.15, 0.2) is 5.13 Å². The van der Waals surface area contributed by atoms with E-state index < -0.39 is 6.17 Å². The molecular formula is C29H30F2N8OS. The van der Waals surface area contributed by atoms with Crippen LogP contribution in [-0.2, 0) is 11.2 Å². The summed E-state index contributed by atoms with van der Waals surface area (Å²) in [6, 6.07) is 12.3. The Balaban J connectivity index is 1.24. The summed E-state index contributed by atoms with van der Waals surface area (Å²) in [4.78, 5) is 30.4. The van der Waals surface area contributed by atoms with Crippen LogP contribution in [0, 0.1) is 17.1 Å². The Morgan fingerprint density at radius 2 is 1.85 bits per heavy atom. The van der Waals surface area contributed by atoms with Gasteiger partial charge in [0, 0.05) is 45.0 Å². The first kappa shape index (κ1) is 27.1. The largest absolute Gasteiger partial charge is 0.368 e. The van der Waals surface area contributed by atoms with Crippen LogP contribution in [0.2, 0.25) is 0 Å². The first-order chi connectivity index (χ1) is 19.8. The molecule has 2 fully saturated rings. The van der Waals surface area contributed by atoms with E-state index >= 15 is 0 Å². The number of thiazole rings is 1. The number of pyridine rings is 1. The highest BCUT2D eigenvalue weighted by Crippen LogP contribution is 2.37. The molecule has 2 aliphatic rings. The highest BCUT2D eigenvalue weighted by molar-refractivity contribution is 7.16. The molecular weight excluding hydrogens is 546 g/mol. The number of halogens is 2. The molecule has 0 saturated carbocycles. The van der Waals surface area contributed by atoms with Crippen LogP contribution in [0.3, 0.4) is 0 Å². The number of hydrogen-bond donors (Lipinski definition) is 0. The van der Waals surface area contributed by atoms with Gasteiger partial charge in [0.05, 0.1) is 31.0 Å². The minimum absolute atomic E-state index is 0.00344. The number of alkyl halides is 1. The van der Waals surface area contributed by atoms with Gasteiger partial charge in [-0.1, -0.05) is 18.3 Å². The highest BCUT2D eigenvalue weighted by atomic mass is 32.1. The van der Waals surface area contributed by atoms with Crippen LogP contribution in [0.15, 0.2) is 42.6 Å². The molecule has 41 heavy (non-hydrogen) atoms. The zero-order valence-electron chi connectivity index (χ0n) is 22.9. The zero-order valence-corrected chi connectivity index (χ0v) is 23.7. The number of imidazole rings is 1. The molecule has 5 heterocycles. The fraction of sp³-hybridized carbons (Fsp3) is 0.379. The van der Waals surface area contributed by atoms with Gasteiger partial charge >= 0.3 is 0 Å². The molecule has 0 aliphatic carbocycles. The van der Waals surface area contributed by atoms with Crippen molar-refractivity contribution in [2.75, 3.05) is 62.7 Å². The third-order valence-electron chi connectivity index (χ3n) is 7.71. The van der Waals surface area contributed by atoms with Crippen molar-refractivity contribution in [3.05, 3.63) is 59.0 Å². The molecule has 0 unspecified atom stereocenters. The van der Waals surface area contributed by atoms with Gasteiger partial charge in [0.25, 0.3) is 0 Å². The van der Waals surface area contributed by atoms with Gasteiger partial charge in [-0.05, 0) is 42.8 Å². The molecule has 212 valence electrons. The van der Waals surface area contributed by atoms with E-state index in [-0.39, 0.29) is 24.8 Å². The number of aromatic nitrogens is 3. The molecule has 1 aromatic carbocycles. The highest BCUT2D eigenvalue weighted by Gasteiger charge is 2.31. The molecule has 6 rings (SSSR count). The van der Waals surface area contributed by atoms with Crippen LogP contribution in [-0.4, -0.2) is 89.1 Å². The van der Waals surface area contributed by atoms with Crippen molar-refractivity contribution in [1.82, 2.24) is 24.2 Å². The fourth-order valence-corrected chi connectivity index (χ4v) is 6.20. The van der Waals surface area contributed by atoms with E-state index in [1.54, 1.807) is 17.0 Å². The SMILES string of the molecule is CCc1nc2ccc(N3CCN(CC(=O)N4CC(F)C4)CC3)cn2c1N(C)c1nc(-c2ccc(F)cc2)c(C#N)s1. The Morgan fingerprint density at radius 3 is 2.51 bits per heavy atom. The van der Waals surface area contributed by atoms with Crippen LogP contribution in [0.1, 0.15) is 17.5 Å². The average molecular weight is 577 g/mol. The number of aryl methyl sites for hydroxylation is 1. The summed E-state index contributed by atoms with van der Waals surface area (Å²) in [6.45, 7) is 5.84. The van der Waals surface area contributed by atoms with Gasteiger partial charge in [-0.2, -0.15) is 5.26 Å². The third-order valence-corrected chi connectivity index (χ3v) is 8.74.